The van der Waals surface area contributed by atoms with Gasteiger partial charge < -0.3 is 5.73 Å². The Kier molecular flexibility index (Phi) is 5.66. The predicted octanol–water partition coefficient (Wildman–Crippen LogP) is 5.05. The molecule has 0 aliphatic heterocycles. The Morgan fingerprint density at radius 2 is 1.94 bits per heavy atom. The van der Waals surface area contributed by atoms with Crippen LogP contribution in [0.2, 0.25) is 0 Å². The maximum Gasteiger partial charge on any atom is 0.416 e. The van der Waals surface area contributed by atoms with Crippen LogP contribution in [-0.2, 0) is 6.18 Å². The van der Waals surface area contributed by atoms with E-state index in [-0.39, 0.29) is 5.56 Å². The molecule has 18 heavy (non-hydrogen) atoms. The van der Waals surface area contributed by atoms with Crippen molar-refractivity contribution < 1.29 is 13.2 Å². The van der Waals surface area contributed by atoms with Crippen LogP contribution in [0.5, 0.6) is 0 Å². The summed E-state index contributed by atoms with van der Waals surface area (Å²) < 4.78 is 39.1. The van der Waals surface area contributed by atoms with E-state index in [4.69, 9.17) is 5.73 Å². The van der Waals surface area contributed by atoms with Gasteiger partial charge in [0.25, 0.3) is 0 Å². The molecule has 0 aromatic heterocycles. The summed E-state index contributed by atoms with van der Waals surface area (Å²) in [6, 6.07) is 3.60. The van der Waals surface area contributed by atoms with Crippen molar-refractivity contribution in [3.63, 3.8) is 0 Å². The lowest BCUT2D eigenvalue weighted by Crippen LogP contribution is -2.17. The zero-order chi connectivity index (χ0) is 13.8. The minimum Gasteiger partial charge on any atom is -0.324 e. The molecule has 0 saturated heterocycles. The monoisotopic (exact) mass is 323 g/mol. The number of alkyl halides is 3. The molecule has 1 unspecified atom stereocenters. The molecule has 1 aromatic rings. The molecule has 0 bridgehead atoms. The fourth-order valence-electron chi connectivity index (χ4n) is 1.87. The van der Waals surface area contributed by atoms with Crippen molar-refractivity contribution in [2.24, 2.45) is 5.73 Å². The molecule has 0 spiro atoms. The molecule has 1 rings (SSSR count). The Balaban J connectivity index is 2.93. The molecule has 0 amide bonds. The van der Waals surface area contributed by atoms with E-state index in [2.05, 4.69) is 15.9 Å². The number of nitrogens with two attached hydrogens (primary N) is 1. The van der Waals surface area contributed by atoms with E-state index in [0.29, 0.717) is 10.9 Å². The van der Waals surface area contributed by atoms with Crippen molar-refractivity contribution in [3.05, 3.63) is 33.8 Å². The van der Waals surface area contributed by atoms with Gasteiger partial charge in [0.05, 0.1) is 5.56 Å². The first-order chi connectivity index (χ1) is 8.36. The molecular formula is C13H17BrF3N. The van der Waals surface area contributed by atoms with Gasteiger partial charge in [-0.25, -0.2) is 0 Å². The first-order valence-electron chi connectivity index (χ1n) is 5.98. The van der Waals surface area contributed by atoms with Gasteiger partial charge in [0.2, 0.25) is 0 Å². The van der Waals surface area contributed by atoms with Crippen LogP contribution in [0.4, 0.5) is 13.2 Å². The molecule has 102 valence electrons. The molecule has 0 fully saturated rings. The Morgan fingerprint density at radius 3 is 2.50 bits per heavy atom. The zero-order valence-corrected chi connectivity index (χ0v) is 11.8. The Bertz CT molecular complexity index is 390. The lowest BCUT2D eigenvalue weighted by atomic mass is 9.96. The van der Waals surface area contributed by atoms with E-state index in [9.17, 15) is 13.2 Å². The fraction of sp³-hybridized carbons (Fsp3) is 0.538. The quantitative estimate of drug-likeness (QED) is 0.754. The van der Waals surface area contributed by atoms with Gasteiger partial charge in [-0.2, -0.15) is 13.2 Å². The molecular weight excluding hydrogens is 307 g/mol. The summed E-state index contributed by atoms with van der Waals surface area (Å²) in [5.74, 6) is 0. The third-order valence-corrected chi connectivity index (χ3v) is 3.33. The van der Waals surface area contributed by atoms with E-state index >= 15 is 0 Å². The van der Waals surface area contributed by atoms with Gasteiger partial charge in [0.1, 0.15) is 0 Å². The van der Waals surface area contributed by atoms with Crippen LogP contribution >= 0.6 is 15.9 Å². The Labute approximate surface area is 114 Å². The van der Waals surface area contributed by atoms with Crippen molar-refractivity contribution in [1.29, 1.82) is 0 Å². The first-order valence-corrected chi connectivity index (χ1v) is 6.77. The predicted molar refractivity (Wildman–Crippen MR) is 70.2 cm³/mol. The average molecular weight is 324 g/mol. The maximum absolute atomic E-state index is 12.9. The number of unbranched alkanes of at least 4 members (excludes halogenated alkanes) is 2. The molecule has 0 aliphatic rings. The van der Waals surface area contributed by atoms with Gasteiger partial charge in [0.15, 0.2) is 0 Å². The Morgan fingerprint density at radius 1 is 1.28 bits per heavy atom. The molecule has 0 radical (unpaired) electrons. The van der Waals surface area contributed by atoms with E-state index in [1.807, 2.05) is 6.92 Å². The Hall–Kier alpha value is -0.550. The molecule has 1 atom stereocenters. The minimum atomic E-state index is -4.36. The highest BCUT2D eigenvalue weighted by molar-refractivity contribution is 9.10. The van der Waals surface area contributed by atoms with Crippen LogP contribution in [0.25, 0.3) is 0 Å². The minimum absolute atomic E-state index is 0.182. The van der Waals surface area contributed by atoms with Crippen molar-refractivity contribution in [2.45, 2.75) is 44.8 Å². The van der Waals surface area contributed by atoms with Crippen LogP contribution in [0.3, 0.4) is 0 Å². The third kappa shape index (κ3) is 4.28. The van der Waals surface area contributed by atoms with Gasteiger partial charge >= 0.3 is 6.18 Å². The smallest absolute Gasteiger partial charge is 0.324 e. The van der Waals surface area contributed by atoms with Crippen molar-refractivity contribution >= 4 is 15.9 Å². The summed E-state index contributed by atoms with van der Waals surface area (Å²) in [7, 11) is 0. The summed E-state index contributed by atoms with van der Waals surface area (Å²) in [4.78, 5) is 0. The average Bonchev–Trinajstić information content (AvgIpc) is 2.28. The molecule has 0 saturated carbocycles. The third-order valence-electron chi connectivity index (χ3n) is 2.84. The largest absolute Gasteiger partial charge is 0.416 e. The summed E-state index contributed by atoms with van der Waals surface area (Å²) in [5, 5.41) is 0. The molecule has 1 aromatic carbocycles. The second-order valence-electron chi connectivity index (χ2n) is 4.33. The number of hydrogen-bond acceptors (Lipinski definition) is 1. The summed E-state index contributed by atoms with van der Waals surface area (Å²) in [6.07, 6.45) is -0.907. The highest BCUT2D eigenvalue weighted by Crippen LogP contribution is 2.36. The first kappa shape index (κ1) is 15.5. The number of halogens is 4. The molecule has 1 nitrogen and oxygen atoms in total. The highest BCUT2D eigenvalue weighted by Gasteiger charge is 2.34. The van der Waals surface area contributed by atoms with Gasteiger partial charge in [-0.1, -0.05) is 48.2 Å². The molecule has 0 aliphatic carbocycles. The lowest BCUT2D eigenvalue weighted by molar-refractivity contribution is -0.138. The molecule has 2 N–H and O–H groups in total. The van der Waals surface area contributed by atoms with Crippen molar-refractivity contribution in [1.82, 2.24) is 0 Å². The van der Waals surface area contributed by atoms with Crippen LogP contribution in [-0.4, -0.2) is 0 Å². The van der Waals surface area contributed by atoms with Gasteiger partial charge in [-0.3, -0.25) is 0 Å². The fourth-order valence-corrected chi connectivity index (χ4v) is 2.23. The topological polar surface area (TPSA) is 26.0 Å². The van der Waals surface area contributed by atoms with Crippen molar-refractivity contribution in [3.8, 4) is 0 Å². The van der Waals surface area contributed by atoms with Gasteiger partial charge in [-0.15, -0.1) is 0 Å². The second kappa shape index (κ2) is 6.57. The van der Waals surface area contributed by atoms with Gasteiger partial charge in [-0.05, 0) is 24.1 Å². The van der Waals surface area contributed by atoms with E-state index < -0.39 is 17.8 Å². The maximum atomic E-state index is 12.9. The number of benzene rings is 1. The summed E-state index contributed by atoms with van der Waals surface area (Å²) in [6.45, 7) is 2.05. The molecule has 5 heteroatoms. The highest BCUT2D eigenvalue weighted by atomic mass is 79.9. The van der Waals surface area contributed by atoms with E-state index in [0.717, 1.165) is 25.3 Å². The SMILES string of the molecule is CCCCCC(N)c1ccc(Br)cc1C(F)(F)F. The number of rotatable bonds is 5. The van der Waals surface area contributed by atoms with Crippen LogP contribution in [0.15, 0.2) is 22.7 Å². The second-order valence-corrected chi connectivity index (χ2v) is 5.25. The normalized spacial score (nSPS) is 13.7. The molecule has 0 heterocycles. The standard InChI is InChI=1S/C13H17BrF3N/c1-2-3-4-5-12(18)10-7-6-9(14)8-11(10)13(15,16)17/h6-8,12H,2-5,18H2,1H3. The zero-order valence-electron chi connectivity index (χ0n) is 10.2. The van der Waals surface area contributed by atoms with E-state index in [1.54, 1.807) is 6.07 Å². The number of hydrogen-bond donors (Lipinski definition) is 1. The van der Waals surface area contributed by atoms with Crippen LogP contribution < -0.4 is 5.73 Å². The summed E-state index contributed by atoms with van der Waals surface area (Å²) in [5.41, 5.74) is 5.41. The van der Waals surface area contributed by atoms with Crippen LogP contribution in [0.1, 0.15) is 49.8 Å². The van der Waals surface area contributed by atoms with Crippen LogP contribution in [0, 0.1) is 0 Å². The van der Waals surface area contributed by atoms with E-state index in [1.165, 1.54) is 6.07 Å². The lowest BCUT2D eigenvalue weighted by Gasteiger charge is -2.18. The van der Waals surface area contributed by atoms with Crippen molar-refractivity contribution in [2.75, 3.05) is 0 Å². The van der Waals surface area contributed by atoms with Gasteiger partial charge in [0, 0.05) is 10.5 Å². The summed E-state index contributed by atoms with van der Waals surface area (Å²) >= 11 is 3.06.